The molecule has 14 nitrogen and oxygen atoms in total. The third kappa shape index (κ3) is 11.5. The number of nitrogens with one attached hydrogen (secondary N) is 2. The van der Waals surface area contributed by atoms with Crippen LogP contribution in [0.5, 0.6) is 0 Å². The van der Waals surface area contributed by atoms with Gasteiger partial charge in [-0.15, -0.1) is 11.8 Å². The van der Waals surface area contributed by atoms with Crippen molar-refractivity contribution in [3.05, 3.63) is 0 Å². The Balaban J connectivity index is 3.31. The van der Waals surface area contributed by atoms with Gasteiger partial charge in [0.15, 0.2) is 12.2 Å². The summed E-state index contributed by atoms with van der Waals surface area (Å²) in [5, 5.41) is 5.05. The molecule has 1 rings (SSSR count). The Labute approximate surface area is 225 Å². The molecule has 0 unspecified atom stereocenters. The summed E-state index contributed by atoms with van der Waals surface area (Å²) >= 11 is 0.969. The molecule has 0 aromatic heterocycles. The van der Waals surface area contributed by atoms with Gasteiger partial charge >= 0.3 is 30.0 Å². The first-order valence-electron chi connectivity index (χ1n) is 11.6. The Bertz CT molecular complexity index is 890. The fourth-order valence-corrected chi connectivity index (χ4v) is 4.64. The predicted molar refractivity (Wildman–Crippen MR) is 132 cm³/mol. The van der Waals surface area contributed by atoms with Gasteiger partial charge in [0.25, 0.3) is 0 Å². The van der Waals surface area contributed by atoms with E-state index in [4.69, 9.17) is 28.4 Å². The number of amides is 2. The van der Waals surface area contributed by atoms with Crippen molar-refractivity contribution in [3.63, 3.8) is 0 Å². The Morgan fingerprint density at radius 2 is 1.50 bits per heavy atom. The van der Waals surface area contributed by atoms with Gasteiger partial charge in [-0.2, -0.15) is 0 Å². The summed E-state index contributed by atoms with van der Waals surface area (Å²) in [7, 11) is 1.14. The molecule has 1 saturated heterocycles. The Hall–Kier alpha value is -3.07. The zero-order chi connectivity index (χ0) is 29.2. The Morgan fingerprint density at radius 1 is 0.921 bits per heavy atom. The highest BCUT2D eigenvalue weighted by Gasteiger charge is 2.51. The second kappa shape index (κ2) is 14.8. The van der Waals surface area contributed by atoms with E-state index in [1.807, 2.05) is 0 Å². The normalized spacial score (nSPS) is 23.7. The van der Waals surface area contributed by atoms with E-state index in [1.54, 1.807) is 20.8 Å². The van der Waals surface area contributed by atoms with E-state index in [-0.39, 0.29) is 12.4 Å². The molecule has 1 aliphatic heterocycles. The van der Waals surface area contributed by atoms with Gasteiger partial charge in [0.05, 0.1) is 7.11 Å². The molecular formula is C23H36N2O12S. The SMILES string of the molecule is COC(=O)[C@H](CS[C@H]1O[C@H](COC(C)=O)[C@@H](OC(C)=O)[C@H](OC(C)=O)[C@H]1NC(C)=O)NC(=O)OC(C)(C)C. The van der Waals surface area contributed by atoms with Crippen LogP contribution in [0.25, 0.3) is 0 Å². The van der Waals surface area contributed by atoms with Gasteiger partial charge in [-0.1, -0.05) is 0 Å². The summed E-state index contributed by atoms with van der Waals surface area (Å²) in [5.74, 6) is -3.53. The van der Waals surface area contributed by atoms with Gasteiger partial charge in [-0.25, -0.2) is 9.59 Å². The molecule has 38 heavy (non-hydrogen) atoms. The molecule has 1 heterocycles. The van der Waals surface area contributed by atoms with Crippen LogP contribution in [-0.4, -0.2) is 96.8 Å². The lowest BCUT2D eigenvalue weighted by molar-refractivity contribution is -0.211. The van der Waals surface area contributed by atoms with Gasteiger partial charge in [0, 0.05) is 33.4 Å². The van der Waals surface area contributed by atoms with E-state index >= 15 is 0 Å². The summed E-state index contributed by atoms with van der Waals surface area (Å²) in [4.78, 5) is 71.9. The summed E-state index contributed by atoms with van der Waals surface area (Å²) in [5.41, 5.74) is -1.85. The van der Waals surface area contributed by atoms with E-state index in [0.717, 1.165) is 32.7 Å². The molecule has 2 amide bonds. The van der Waals surface area contributed by atoms with Crippen molar-refractivity contribution in [1.29, 1.82) is 0 Å². The summed E-state index contributed by atoms with van der Waals surface area (Å²) in [6.45, 7) is 9.24. The topological polar surface area (TPSA) is 182 Å². The van der Waals surface area contributed by atoms with Crippen molar-refractivity contribution in [2.24, 2.45) is 0 Å². The smallest absolute Gasteiger partial charge is 0.408 e. The maximum Gasteiger partial charge on any atom is 0.408 e. The first-order chi connectivity index (χ1) is 17.5. The van der Waals surface area contributed by atoms with Crippen molar-refractivity contribution in [1.82, 2.24) is 10.6 Å². The first-order valence-corrected chi connectivity index (χ1v) is 12.7. The highest BCUT2D eigenvalue weighted by molar-refractivity contribution is 7.99. The minimum Gasteiger partial charge on any atom is -0.467 e. The van der Waals surface area contributed by atoms with E-state index in [9.17, 15) is 28.8 Å². The number of carbonyl (C=O) groups excluding carboxylic acids is 6. The van der Waals surface area contributed by atoms with Crippen LogP contribution >= 0.6 is 11.8 Å². The molecule has 6 atom stereocenters. The van der Waals surface area contributed by atoms with Crippen LogP contribution in [0.2, 0.25) is 0 Å². The monoisotopic (exact) mass is 564 g/mol. The van der Waals surface area contributed by atoms with Crippen molar-refractivity contribution >= 4 is 47.6 Å². The van der Waals surface area contributed by atoms with E-state index < -0.39 is 77.3 Å². The lowest BCUT2D eigenvalue weighted by Gasteiger charge is -2.45. The number of alkyl carbamates (subject to hydrolysis) is 1. The number of carbonyl (C=O) groups is 6. The number of ether oxygens (including phenoxy) is 6. The molecule has 0 spiro atoms. The zero-order valence-electron chi connectivity index (χ0n) is 22.7. The number of thioether (sulfide) groups is 1. The molecule has 1 fully saturated rings. The van der Waals surface area contributed by atoms with Crippen LogP contribution in [0.3, 0.4) is 0 Å². The van der Waals surface area contributed by atoms with Crippen LogP contribution in [0.15, 0.2) is 0 Å². The van der Waals surface area contributed by atoms with Crippen molar-refractivity contribution < 1.29 is 57.2 Å². The third-order valence-electron chi connectivity index (χ3n) is 4.68. The number of methoxy groups -OCH3 is 1. The van der Waals surface area contributed by atoms with Crippen molar-refractivity contribution in [2.45, 2.75) is 89.9 Å². The predicted octanol–water partition coefficient (Wildman–Crippen LogP) is 0.442. The molecule has 0 saturated carbocycles. The minimum absolute atomic E-state index is 0.127. The zero-order valence-corrected chi connectivity index (χ0v) is 23.5. The van der Waals surface area contributed by atoms with Crippen LogP contribution in [0.4, 0.5) is 4.79 Å². The highest BCUT2D eigenvalue weighted by Crippen LogP contribution is 2.33. The van der Waals surface area contributed by atoms with E-state index in [0.29, 0.717) is 0 Å². The van der Waals surface area contributed by atoms with E-state index in [2.05, 4.69) is 10.6 Å². The van der Waals surface area contributed by atoms with Crippen LogP contribution in [-0.2, 0) is 52.4 Å². The molecule has 0 bridgehead atoms. The van der Waals surface area contributed by atoms with E-state index in [1.165, 1.54) is 13.8 Å². The quantitative estimate of drug-likeness (QED) is 0.276. The Morgan fingerprint density at radius 3 is 1.97 bits per heavy atom. The molecule has 0 aromatic rings. The fraction of sp³-hybridized carbons (Fsp3) is 0.739. The Kier molecular flexibility index (Phi) is 12.8. The summed E-state index contributed by atoms with van der Waals surface area (Å²) < 4.78 is 31.8. The fourth-order valence-electron chi connectivity index (χ4n) is 3.38. The molecule has 2 N–H and O–H groups in total. The van der Waals surface area contributed by atoms with Gasteiger partial charge in [-0.05, 0) is 20.8 Å². The second-order valence-electron chi connectivity index (χ2n) is 9.28. The minimum atomic E-state index is -1.25. The standard InChI is InChI=1S/C23H36N2O12S/c1-11(26)24-17-19(35-14(4)29)18(34-13(3)28)16(9-33-12(2)27)36-21(17)38-10-15(20(30)32-8)25-22(31)37-23(5,6)7/h15-19,21H,9-10H2,1-8H3,(H,24,26)(H,25,31)/t15-,16+,17+,18+,19+,21+/m0/s1. The van der Waals surface area contributed by atoms with Crippen molar-refractivity contribution in [3.8, 4) is 0 Å². The molecule has 15 heteroatoms. The van der Waals surface area contributed by atoms with Gasteiger partial charge in [0.2, 0.25) is 5.91 Å². The molecular weight excluding hydrogens is 528 g/mol. The third-order valence-corrected chi connectivity index (χ3v) is 5.93. The average Bonchev–Trinajstić information content (AvgIpc) is 2.75. The van der Waals surface area contributed by atoms with Crippen LogP contribution in [0, 0.1) is 0 Å². The number of rotatable bonds is 10. The lowest BCUT2D eigenvalue weighted by atomic mass is 9.97. The van der Waals surface area contributed by atoms with Crippen molar-refractivity contribution in [2.75, 3.05) is 19.5 Å². The van der Waals surface area contributed by atoms with Gasteiger partial charge in [0.1, 0.15) is 35.8 Å². The molecule has 0 aromatic carbocycles. The largest absolute Gasteiger partial charge is 0.467 e. The number of esters is 4. The number of hydrogen-bond donors (Lipinski definition) is 2. The summed E-state index contributed by atoms with van der Waals surface area (Å²) in [6, 6.07) is -2.26. The molecule has 1 aliphatic rings. The lowest BCUT2D eigenvalue weighted by Crippen LogP contribution is -2.65. The summed E-state index contributed by atoms with van der Waals surface area (Å²) in [6.07, 6.45) is -4.47. The average molecular weight is 565 g/mol. The molecule has 0 radical (unpaired) electrons. The molecule has 216 valence electrons. The maximum absolute atomic E-state index is 12.4. The van der Waals surface area contributed by atoms with Gasteiger partial charge < -0.3 is 39.1 Å². The first kappa shape index (κ1) is 33.0. The maximum atomic E-state index is 12.4. The van der Waals surface area contributed by atoms with Gasteiger partial charge in [-0.3, -0.25) is 19.2 Å². The van der Waals surface area contributed by atoms with Crippen LogP contribution in [0.1, 0.15) is 48.5 Å². The highest BCUT2D eigenvalue weighted by atomic mass is 32.2. The number of hydrogen-bond acceptors (Lipinski definition) is 13. The molecule has 0 aliphatic carbocycles. The second-order valence-corrected chi connectivity index (χ2v) is 10.4. The van der Waals surface area contributed by atoms with Crippen LogP contribution < -0.4 is 10.6 Å².